The van der Waals surface area contributed by atoms with Gasteiger partial charge < -0.3 is 10.3 Å². The fourth-order valence-electron chi connectivity index (χ4n) is 1.89. The van der Waals surface area contributed by atoms with Crippen LogP contribution < -0.4 is 4.90 Å². The summed E-state index contributed by atoms with van der Waals surface area (Å²) in [6, 6.07) is 6.25. The molecule has 0 radical (unpaired) electrons. The Bertz CT molecular complexity index is 331. The van der Waals surface area contributed by atoms with Crippen LogP contribution in [-0.2, 0) is 6.42 Å². The van der Waals surface area contributed by atoms with Crippen LogP contribution in [0, 0.1) is 5.41 Å². The van der Waals surface area contributed by atoms with Gasteiger partial charge in [-0.2, -0.15) is 0 Å². The van der Waals surface area contributed by atoms with Crippen molar-refractivity contribution in [2.24, 2.45) is 0 Å². The molecule has 0 amide bonds. The van der Waals surface area contributed by atoms with Gasteiger partial charge in [0.15, 0.2) is 0 Å². The van der Waals surface area contributed by atoms with Gasteiger partial charge in [-0.15, -0.1) is 0 Å². The van der Waals surface area contributed by atoms with Gasteiger partial charge in [-0.3, -0.25) is 0 Å². The zero-order valence-corrected chi connectivity index (χ0v) is 7.88. The molecule has 2 rings (SSSR count). The van der Waals surface area contributed by atoms with Crippen molar-refractivity contribution in [2.45, 2.75) is 12.8 Å². The molecule has 1 aromatic carbocycles. The fourth-order valence-corrected chi connectivity index (χ4v) is 1.89. The number of fused-ring (bicyclic) bond motifs is 1. The molecule has 2 nitrogen and oxygen atoms in total. The molecule has 0 unspecified atom stereocenters. The predicted octanol–water partition coefficient (Wildman–Crippen LogP) is 2.07. The fraction of sp³-hybridized carbons (Fsp3) is 0.364. The molecule has 0 saturated carbocycles. The third-order valence-electron chi connectivity index (χ3n) is 2.62. The number of nitrogens with one attached hydrogen (secondary N) is 1. The largest absolute Gasteiger partial charge is 0.374 e. The second kappa shape index (κ2) is 3.21. The molecule has 2 heteroatoms. The molecule has 1 aliphatic rings. The summed E-state index contributed by atoms with van der Waals surface area (Å²) < 4.78 is 0. The summed E-state index contributed by atoms with van der Waals surface area (Å²) in [5, 5.41) is 7.17. The Hall–Kier alpha value is -1.31. The molecule has 1 aliphatic heterocycles. The van der Waals surface area contributed by atoms with Crippen LogP contribution in [-0.4, -0.2) is 19.8 Å². The summed E-state index contributed by atoms with van der Waals surface area (Å²) >= 11 is 0. The first kappa shape index (κ1) is 8.30. The lowest BCUT2D eigenvalue weighted by atomic mass is 10.00. The van der Waals surface area contributed by atoms with E-state index in [-0.39, 0.29) is 0 Å². The van der Waals surface area contributed by atoms with Crippen LogP contribution in [0.5, 0.6) is 0 Å². The predicted molar refractivity (Wildman–Crippen MR) is 55.9 cm³/mol. The van der Waals surface area contributed by atoms with Gasteiger partial charge in [-0.25, -0.2) is 0 Å². The van der Waals surface area contributed by atoms with Crippen LogP contribution in [0.4, 0.5) is 5.69 Å². The molecular weight excluding hydrogens is 160 g/mol. The number of rotatable bonds is 1. The van der Waals surface area contributed by atoms with Gasteiger partial charge in [-0.05, 0) is 36.1 Å². The minimum atomic E-state index is 1.01. The smallest absolute Gasteiger partial charge is 0.0396 e. The van der Waals surface area contributed by atoms with Gasteiger partial charge in [0.1, 0.15) is 0 Å². The van der Waals surface area contributed by atoms with Crippen LogP contribution >= 0.6 is 0 Å². The Balaban J connectivity index is 2.45. The zero-order valence-electron chi connectivity index (χ0n) is 7.88. The van der Waals surface area contributed by atoms with Crippen molar-refractivity contribution < 1.29 is 0 Å². The third kappa shape index (κ3) is 1.44. The molecular formula is C11H14N2. The van der Waals surface area contributed by atoms with E-state index in [0.717, 1.165) is 18.5 Å². The second-order valence-electron chi connectivity index (χ2n) is 3.56. The van der Waals surface area contributed by atoms with E-state index in [0.29, 0.717) is 0 Å². The number of nitrogens with zero attached hydrogens (tertiary/aromatic N) is 1. The van der Waals surface area contributed by atoms with Crippen LogP contribution in [0.1, 0.15) is 17.5 Å². The minimum absolute atomic E-state index is 1.01. The standard InChI is InChI=1S/C11H14N2/c1-13-6-2-3-10-7-9(8-12)4-5-11(10)13/h4-5,7-8,12H,2-3,6H2,1H3. The highest BCUT2D eigenvalue weighted by Gasteiger charge is 2.12. The number of hydrogen-bond donors (Lipinski definition) is 1. The topological polar surface area (TPSA) is 27.1 Å². The molecule has 1 N–H and O–H groups in total. The molecule has 0 bridgehead atoms. The summed E-state index contributed by atoms with van der Waals surface area (Å²) in [5.74, 6) is 0. The second-order valence-corrected chi connectivity index (χ2v) is 3.56. The van der Waals surface area contributed by atoms with E-state index in [1.54, 1.807) is 0 Å². The van der Waals surface area contributed by atoms with Gasteiger partial charge >= 0.3 is 0 Å². The molecule has 0 saturated heterocycles. The first-order valence-corrected chi connectivity index (χ1v) is 4.66. The maximum Gasteiger partial charge on any atom is 0.0396 e. The van der Waals surface area contributed by atoms with Crippen molar-refractivity contribution in [1.82, 2.24) is 0 Å². The Morgan fingerprint density at radius 1 is 1.46 bits per heavy atom. The van der Waals surface area contributed by atoms with Crippen LogP contribution in [0.3, 0.4) is 0 Å². The summed E-state index contributed by atoms with van der Waals surface area (Å²) in [4.78, 5) is 2.28. The summed E-state index contributed by atoms with van der Waals surface area (Å²) in [5.41, 5.74) is 3.72. The maximum absolute atomic E-state index is 7.17. The Morgan fingerprint density at radius 2 is 2.31 bits per heavy atom. The Labute approximate surface area is 78.7 Å². The summed E-state index contributed by atoms with van der Waals surface area (Å²) in [6.07, 6.45) is 3.79. The Kier molecular flexibility index (Phi) is 2.05. The quantitative estimate of drug-likeness (QED) is 0.648. The first-order valence-electron chi connectivity index (χ1n) is 4.66. The van der Waals surface area contributed by atoms with Gasteiger partial charge in [0.2, 0.25) is 0 Å². The van der Waals surface area contributed by atoms with Crippen LogP contribution in [0.15, 0.2) is 18.2 Å². The van der Waals surface area contributed by atoms with Crippen molar-refractivity contribution in [3.05, 3.63) is 29.3 Å². The maximum atomic E-state index is 7.17. The van der Waals surface area contributed by atoms with Crippen LogP contribution in [0.25, 0.3) is 0 Å². The van der Waals surface area contributed by atoms with Gasteiger partial charge in [0.25, 0.3) is 0 Å². The highest BCUT2D eigenvalue weighted by Crippen LogP contribution is 2.26. The molecule has 68 valence electrons. The molecule has 0 atom stereocenters. The monoisotopic (exact) mass is 174 g/mol. The minimum Gasteiger partial charge on any atom is -0.374 e. The van der Waals surface area contributed by atoms with Crippen LogP contribution in [0.2, 0.25) is 0 Å². The van der Waals surface area contributed by atoms with E-state index in [4.69, 9.17) is 5.41 Å². The van der Waals surface area contributed by atoms with Crippen molar-refractivity contribution in [3.8, 4) is 0 Å². The van der Waals surface area contributed by atoms with Crippen molar-refractivity contribution in [1.29, 1.82) is 5.41 Å². The van der Waals surface area contributed by atoms with E-state index < -0.39 is 0 Å². The van der Waals surface area contributed by atoms with Gasteiger partial charge in [0.05, 0.1) is 0 Å². The average Bonchev–Trinajstić information content (AvgIpc) is 2.18. The lowest BCUT2D eigenvalue weighted by Crippen LogP contribution is -2.24. The molecule has 0 aliphatic carbocycles. The average molecular weight is 174 g/mol. The molecule has 0 fully saturated rings. The lowest BCUT2D eigenvalue weighted by Gasteiger charge is -2.27. The van der Waals surface area contributed by atoms with Gasteiger partial charge in [0, 0.05) is 25.5 Å². The van der Waals surface area contributed by atoms with Crippen molar-refractivity contribution in [3.63, 3.8) is 0 Å². The highest BCUT2D eigenvalue weighted by molar-refractivity contribution is 5.79. The van der Waals surface area contributed by atoms with E-state index in [1.807, 2.05) is 6.07 Å². The molecule has 0 spiro atoms. The van der Waals surface area contributed by atoms with E-state index >= 15 is 0 Å². The molecule has 1 heterocycles. The molecule has 13 heavy (non-hydrogen) atoms. The first-order chi connectivity index (χ1) is 6.31. The number of aryl methyl sites for hydroxylation is 1. The number of benzene rings is 1. The van der Waals surface area contributed by atoms with Crippen molar-refractivity contribution >= 4 is 11.9 Å². The van der Waals surface area contributed by atoms with Crippen molar-refractivity contribution in [2.75, 3.05) is 18.5 Å². The number of hydrogen-bond acceptors (Lipinski definition) is 2. The van der Waals surface area contributed by atoms with Gasteiger partial charge in [-0.1, -0.05) is 6.07 Å². The van der Waals surface area contributed by atoms with E-state index in [9.17, 15) is 0 Å². The van der Waals surface area contributed by atoms with E-state index in [2.05, 4.69) is 24.1 Å². The number of anilines is 1. The van der Waals surface area contributed by atoms with E-state index in [1.165, 1.54) is 23.9 Å². The summed E-state index contributed by atoms with van der Waals surface area (Å²) in [7, 11) is 2.13. The lowest BCUT2D eigenvalue weighted by molar-refractivity contribution is 0.744. The highest BCUT2D eigenvalue weighted by atomic mass is 15.1. The third-order valence-corrected chi connectivity index (χ3v) is 2.62. The molecule has 1 aromatic rings. The normalized spacial score (nSPS) is 15.3. The SMILES string of the molecule is CN1CCCc2cc(C=N)ccc21. The summed E-state index contributed by atoms with van der Waals surface area (Å²) in [6.45, 7) is 1.15. The Morgan fingerprint density at radius 3 is 3.08 bits per heavy atom. The molecule has 0 aromatic heterocycles. The zero-order chi connectivity index (χ0) is 9.26.